The van der Waals surface area contributed by atoms with E-state index in [1.54, 1.807) is 25.1 Å². The molecule has 3 heteroatoms. The minimum absolute atomic E-state index is 0.104. The van der Waals surface area contributed by atoms with Crippen LogP contribution in [-0.4, -0.2) is 10.9 Å². The van der Waals surface area contributed by atoms with Gasteiger partial charge >= 0.3 is 0 Å². The number of carbonyl (C=O) groups is 1. The summed E-state index contributed by atoms with van der Waals surface area (Å²) >= 11 is 0. The summed E-state index contributed by atoms with van der Waals surface area (Å²) in [5, 5.41) is 10.1. The van der Waals surface area contributed by atoms with Crippen molar-refractivity contribution in [3.05, 3.63) is 29.8 Å². The second-order valence-electron chi connectivity index (χ2n) is 3.06. The fourth-order valence-corrected chi connectivity index (χ4v) is 1.48. The monoisotopic (exact) mass is 190 g/mol. The third-order valence-corrected chi connectivity index (χ3v) is 2.18. The molecule has 0 aliphatic heterocycles. The van der Waals surface area contributed by atoms with Crippen LogP contribution in [0.25, 0.3) is 11.0 Å². The van der Waals surface area contributed by atoms with Gasteiger partial charge in [-0.2, -0.15) is 0 Å². The molecule has 1 heterocycles. The third kappa shape index (κ3) is 1.18. The maximum atomic E-state index is 11.5. The van der Waals surface area contributed by atoms with E-state index in [0.717, 1.165) is 0 Å². The van der Waals surface area contributed by atoms with Crippen molar-refractivity contribution < 1.29 is 14.3 Å². The van der Waals surface area contributed by atoms with Crippen LogP contribution in [0.4, 0.5) is 0 Å². The molecular weight excluding hydrogens is 180 g/mol. The molecule has 2 rings (SSSR count). The minimum Gasteiger partial charge on any atom is -0.480 e. The van der Waals surface area contributed by atoms with Gasteiger partial charge < -0.3 is 9.52 Å². The molecule has 14 heavy (non-hydrogen) atoms. The highest BCUT2D eigenvalue weighted by Crippen LogP contribution is 2.31. The number of ketones is 1. The molecule has 0 saturated carbocycles. The minimum atomic E-state index is -0.280. The van der Waals surface area contributed by atoms with Gasteiger partial charge in [-0.25, -0.2) is 0 Å². The summed E-state index contributed by atoms with van der Waals surface area (Å²) in [7, 11) is 0. The van der Waals surface area contributed by atoms with Gasteiger partial charge in [-0.05, 0) is 6.07 Å². The highest BCUT2D eigenvalue weighted by molar-refractivity contribution is 6.09. The quantitative estimate of drug-likeness (QED) is 0.740. The first-order valence-corrected chi connectivity index (χ1v) is 4.47. The number of carbonyl (C=O) groups excluding carboxylic acids is 1. The summed E-state index contributed by atoms with van der Waals surface area (Å²) in [6, 6.07) is 7.10. The number of Topliss-reactive ketones (excluding diaryl/α,β-unsaturated/α-hetero) is 1. The van der Waals surface area contributed by atoms with E-state index in [0.29, 0.717) is 23.0 Å². The molecule has 0 saturated heterocycles. The molecule has 0 spiro atoms. The van der Waals surface area contributed by atoms with Crippen LogP contribution in [0.15, 0.2) is 28.7 Å². The van der Waals surface area contributed by atoms with E-state index in [-0.39, 0.29) is 11.7 Å². The molecule has 0 bridgehead atoms. The van der Waals surface area contributed by atoms with Crippen molar-refractivity contribution in [3.63, 3.8) is 0 Å². The first-order valence-electron chi connectivity index (χ1n) is 4.47. The third-order valence-electron chi connectivity index (χ3n) is 2.18. The van der Waals surface area contributed by atoms with Crippen LogP contribution in [-0.2, 0) is 0 Å². The van der Waals surface area contributed by atoms with Crippen LogP contribution in [0.5, 0.6) is 5.95 Å². The van der Waals surface area contributed by atoms with Gasteiger partial charge in [-0.1, -0.05) is 25.1 Å². The molecule has 0 atom stereocenters. The Labute approximate surface area is 81.0 Å². The standard InChI is InChI=1S/C11H10O3/c1-2-8(12)10-7-5-3-4-6-9(7)14-11(10)13/h3-6,13H,2H2,1H3. The van der Waals surface area contributed by atoms with Crippen molar-refractivity contribution in [2.45, 2.75) is 13.3 Å². The van der Waals surface area contributed by atoms with Crippen molar-refractivity contribution in [2.24, 2.45) is 0 Å². The Morgan fingerprint density at radius 3 is 2.86 bits per heavy atom. The van der Waals surface area contributed by atoms with E-state index in [4.69, 9.17) is 4.42 Å². The zero-order valence-corrected chi connectivity index (χ0v) is 7.78. The highest BCUT2D eigenvalue weighted by Gasteiger charge is 2.18. The van der Waals surface area contributed by atoms with Gasteiger partial charge in [0.1, 0.15) is 11.1 Å². The predicted molar refractivity (Wildman–Crippen MR) is 52.5 cm³/mol. The average Bonchev–Trinajstić information content (AvgIpc) is 2.53. The lowest BCUT2D eigenvalue weighted by Gasteiger charge is -1.93. The second-order valence-corrected chi connectivity index (χ2v) is 3.06. The summed E-state index contributed by atoms with van der Waals surface area (Å²) in [5.41, 5.74) is 0.838. The van der Waals surface area contributed by atoms with Crippen LogP contribution >= 0.6 is 0 Å². The molecule has 0 aliphatic carbocycles. The fourth-order valence-electron chi connectivity index (χ4n) is 1.48. The van der Waals surface area contributed by atoms with Gasteiger partial charge in [0, 0.05) is 11.8 Å². The Kier molecular flexibility index (Phi) is 2.00. The molecule has 2 aromatic rings. The Morgan fingerprint density at radius 1 is 1.43 bits per heavy atom. The lowest BCUT2D eigenvalue weighted by Crippen LogP contribution is -1.94. The Bertz CT molecular complexity index is 482. The zero-order chi connectivity index (χ0) is 10.1. The number of aromatic hydroxyl groups is 1. The molecule has 72 valence electrons. The summed E-state index contributed by atoms with van der Waals surface area (Å²) in [5.74, 6) is -0.384. The smallest absolute Gasteiger partial charge is 0.294 e. The van der Waals surface area contributed by atoms with Crippen molar-refractivity contribution in [1.29, 1.82) is 0 Å². The molecule has 0 amide bonds. The van der Waals surface area contributed by atoms with Crippen LogP contribution < -0.4 is 0 Å². The first kappa shape index (κ1) is 8.81. The Hall–Kier alpha value is -1.77. The van der Waals surface area contributed by atoms with Crippen molar-refractivity contribution in [2.75, 3.05) is 0 Å². The van der Waals surface area contributed by atoms with E-state index in [1.165, 1.54) is 0 Å². The van der Waals surface area contributed by atoms with Gasteiger partial charge in [0.25, 0.3) is 5.95 Å². The van der Waals surface area contributed by atoms with Gasteiger partial charge in [-0.3, -0.25) is 4.79 Å². The molecule has 0 aliphatic rings. The number of furan rings is 1. The zero-order valence-electron chi connectivity index (χ0n) is 7.78. The van der Waals surface area contributed by atoms with E-state index >= 15 is 0 Å². The number of hydrogen-bond acceptors (Lipinski definition) is 3. The molecule has 1 aromatic carbocycles. The van der Waals surface area contributed by atoms with Crippen molar-refractivity contribution in [3.8, 4) is 5.95 Å². The number of para-hydroxylation sites is 1. The lowest BCUT2D eigenvalue weighted by atomic mass is 10.1. The lowest BCUT2D eigenvalue weighted by molar-refractivity contribution is 0.0985. The SMILES string of the molecule is CCC(=O)c1c(O)oc2ccccc12. The largest absolute Gasteiger partial charge is 0.480 e. The molecule has 3 nitrogen and oxygen atoms in total. The van der Waals surface area contributed by atoms with Crippen LogP contribution in [0.2, 0.25) is 0 Å². The molecule has 0 unspecified atom stereocenters. The first-order chi connectivity index (χ1) is 6.74. The van der Waals surface area contributed by atoms with E-state index in [2.05, 4.69) is 0 Å². The number of benzene rings is 1. The van der Waals surface area contributed by atoms with Crippen molar-refractivity contribution in [1.82, 2.24) is 0 Å². The predicted octanol–water partition coefficient (Wildman–Crippen LogP) is 2.73. The van der Waals surface area contributed by atoms with Gasteiger partial charge in [0.15, 0.2) is 5.78 Å². The van der Waals surface area contributed by atoms with E-state index < -0.39 is 0 Å². The van der Waals surface area contributed by atoms with Gasteiger partial charge in [-0.15, -0.1) is 0 Å². The number of rotatable bonds is 2. The Morgan fingerprint density at radius 2 is 2.14 bits per heavy atom. The van der Waals surface area contributed by atoms with Crippen LogP contribution in [0.1, 0.15) is 23.7 Å². The second kappa shape index (κ2) is 3.18. The van der Waals surface area contributed by atoms with E-state index in [1.807, 2.05) is 6.07 Å². The molecule has 1 N–H and O–H groups in total. The average molecular weight is 190 g/mol. The normalized spacial score (nSPS) is 10.6. The van der Waals surface area contributed by atoms with Gasteiger partial charge in [0.05, 0.1) is 0 Å². The summed E-state index contributed by atoms with van der Waals surface area (Å²) in [6.45, 7) is 1.75. The molecule has 1 aromatic heterocycles. The topological polar surface area (TPSA) is 50.4 Å². The van der Waals surface area contributed by atoms with Crippen LogP contribution in [0, 0.1) is 0 Å². The van der Waals surface area contributed by atoms with Crippen LogP contribution in [0.3, 0.4) is 0 Å². The maximum absolute atomic E-state index is 11.5. The fraction of sp³-hybridized carbons (Fsp3) is 0.182. The summed E-state index contributed by atoms with van der Waals surface area (Å²) < 4.78 is 5.06. The molecule has 0 radical (unpaired) electrons. The maximum Gasteiger partial charge on any atom is 0.294 e. The summed E-state index contributed by atoms with van der Waals surface area (Å²) in [6.07, 6.45) is 0.358. The van der Waals surface area contributed by atoms with E-state index in [9.17, 15) is 9.90 Å². The number of hydrogen-bond donors (Lipinski definition) is 1. The Balaban J connectivity index is 2.74. The number of fused-ring (bicyclic) bond motifs is 1. The molecule has 0 fully saturated rings. The molecular formula is C11H10O3. The van der Waals surface area contributed by atoms with Crippen molar-refractivity contribution >= 4 is 16.8 Å². The summed E-state index contributed by atoms with van der Waals surface area (Å²) in [4.78, 5) is 11.5. The highest BCUT2D eigenvalue weighted by atomic mass is 16.5. The van der Waals surface area contributed by atoms with Gasteiger partial charge in [0.2, 0.25) is 0 Å².